The largest absolute Gasteiger partial charge is 0.252 e. The van der Waals surface area contributed by atoms with Crippen LogP contribution in [-0.4, -0.2) is 15.7 Å². The first-order chi connectivity index (χ1) is 31.4. The zero-order valence-corrected chi connectivity index (χ0v) is 36.8. The van der Waals surface area contributed by atoms with Gasteiger partial charge in [0.25, 0.3) is 0 Å². The maximum atomic E-state index is 5.30. The van der Waals surface area contributed by atoms with Crippen molar-refractivity contribution in [2.24, 2.45) is 10.9 Å². The van der Waals surface area contributed by atoms with Crippen LogP contribution in [0.4, 0.5) is 0 Å². The van der Waals surface area contributed by atoms with E-state index in [1.165, 1.54) is 51.9 Å². The van der Waals surface area contributed by atoms with Crippen LogP contribution in [0.5, 0.6) is 0 Å². The van der Waals surface area contributed by atoms with Crippen molar-refractivity contribution in [2.45, 2.75) is 57.8 Å². The highest BCUT2D eigenvalue weighted by Crippen LogP contribution is 2.46. The zero-order chi connectivity index (χ0) is 43.5. The maximum Gasteiger partial charge on any atom is 0.160 e. The van der Waals surface area contributed by atoms with Gasteiger partial charge in [0.05, 0.1) is 17.1 Å². The fourth-order valence-corrected chi connectivity index (χ4v) is 9.88. The first-order valence-corrected chi connectivity index (χ1v) is 22.9. The summed E-state index contributed by atoms with van der Waals surface area (Å²) in [7, 11) is 0. The molecule has 0 saturated heterocycles. The van der Waals surface area contributed by atoms with E-state index >= 15 is 0 Å². The van der Waals surface area contributed by atoms with Crippen molar-refractivity contribution in [3.63, 3.8) is 0 Å². The summed E-state index contributed by atoms with van der Waals surface area (Å²) in [6, 6.07) is 61.2. The second-order valence-electron chi connectivity index (χ2n) is 17.7. The van der Waals surface area contributed by atoms with Crippen molar-refractivity contribution in [3.8, 4) is 22.5 Å². The predicted octanol–water partition coefficient (Wildman–Crippen LogP) is 15.9. The zero-order valence-electron chi connectivity index (χ0n) is 36.8. The van der Waals surface area contributed by atoms with Crippen molar-refractivity contribution >= 4 is 44.1 Å². The summed E-state index contributed by atoms with van der Waals surface area (Å²) < 4.78 is 0. The Kier molecular flexibility index (Phi) is 11.4. The standard InChI is InChI=1S/C61H53N3/c1-42-26-28-50(29-27-42)60-63-58(41-59(64-60)56-25-15-21-47-19-9-11-23-55(47)56)49-32-36-52(37-33-49)61(38-12-5-13-39-61)51-34-30-48(31-35-51)57(62-44(3)45-16-6-4-7-17-45)40-43(2)53-24-14-20-46-18-8-10-22-54(46)53/h4,6-11,14-26,28-37,40-42H,2,5,12-13,27,38-39H2,1,3H3/b57-40-,62-44?. The lowest BCUT2D eigenvalue weighted by Crippen LogP contribution is -2.30. The lowest BCUT2D eigenvalue weighted by molar-refractivity contribution is 0.346. The molecule has 2 aliphatic rings. The molecule has 3 nitrogen and oxygen atoms in total. The second kappa shape index (κ2) is 17.9. The van der Waals surface area contributed by atoms with Crippen LogP contribution in [0.1, 0.15) is 86.0 Å². The van der Waals surface area contributed by atoms with Gasteiger partial charge in [-0.1, -0.05) is 215 Å². The van der Waals surface area contributed by atoms with E-state index in [1.807, 2.05) is 6.07 Å². The van der Waals surface area contributed by atoms with E-state index < -0.39 is 0 Å². The van der Waals surface area contributed by atoms with Gasteiger partial charge in [-0.25, -0.2) is 9.97 Å². The van der Waals surface area contributed by atoms with Crippen LogP contribution in [0.2, 0.25) is 0 Å². The summed E-state index contributed by atoms with van der Waals surface area (Å²) >= 11 is 0. The molecule has 1 atom stereocenters. The molecule has 0 amide bonds. The van der Waals surface area contributed by atoms with E-state index in [4.69, 9.17) is 15.0 Å². The minimum atomic E-state index is -0.0890. The summed E-state index contributed by atoms with van der Waals surface area (Å²) in [5.74, 6) is 1.28. The fourth-order valence-electron chi connectivity index (χ4n) is 9.88. The van der Waals surface area contributed by atoms with Gasteiger partial charge in [0.15, 0.2) is 5.82 Å². The normalized spacial score (nSPS) is 16.5. The molecule has 1 aromatic heterocycles. The lowest BCUT2D eigenvalue weighted by atomic mass is 9.65. The molecule has 8 aromatic rings. The average molecular weight is 828 g/mol. The number of aromatic nitrogens is 2. The van der Waals surface area contributed by atoms with Gasteiger partial charge < -0.3 is 0 Å². The highest BCUT2D eigenvalue weighted by molar-refractivity contribution is 6.03. The van der Waals surface area contributed by atoms with Gasteiger partial charge in [-0.15, -0.1) is 0 Å². The summed E-state index contributed by atoms with van der Waals surface area (Å²) in [6.07, 6.45) is 15.8. The van der Waals surface area contributed by atoms with Crippen LogP contribution in [0.15, 0.2) is 206 Å². The minimum Gasteiger partial charge on any atom is -0.252 e. The molecular formula is C61H53N3. The summed E-state index contributed by atoms with van der Waals surface area (Å²) in [5.41, 5.74) is 13.9. The molecule has 2 aliphatic carbocycles. The molecule has 312 valence electrons. The van der Waals surface area contributed by atoms with Crippen molar-refractivity contribution < 1.29 is 0 Å². The number of aliphatic imine (C=N–C) groups is 1. The second-order valence-corrected chi connectivity index (χ2v) is 17.7. The third-order valence-corrected chi connectivity index (χ3v) is 13.5. The topological polar surface area (TPSA) is 38.1 Å². The van der Waals surface area contributed by atoms with Gasteiger partial charge in [-0.2, -0.15) is 0 Å². The van der Waals surface area contributed by atoms with Crippen LogP contribution < -0.4 is 0 Å². The van der Waals surface area contributed by atoms with E-state index in [2.05, 4.69) is 209 Å². The van der Waals surface area contributed by atoms with Crippen molar-refractivity contribution in [1.82, 2.24) is 9.97 Å². The molecule has 0 spiro atoms. The maximum absolute atomic E-state index is 5.30. The van der Waals surface area contributed by atoms with Crippen molar-refractivity contribution in [2.75, 3.05) is 0 Å². The van der Waals surface area contributed by atoms with E-state index in [-0.39, 0.29) is 5.41 Å². The van der Waals surface area contributed by atoms with Crippen LogP contribution in [0, 0.1) is 5.92 Å². The number of rotatable bonds is 10. The molecule has 0 radical (unpaired) electrons. The highest BCUT2D eigenvalue weighted by Gasteiger charge is 2.36. The number of hydrogen-bond donors (Lipinski definition) is 0. The molecule has 3 heteroatoms. The quantitative estimate of drug-likeness (QED) is 0.102. The van der Waals surface area contributed by atoms with Gasteiger partial charge in [-0.3, -0.25) is 4.99 Å². The Morgan fingerprint density at radius 2 is 1.27 bits per heavy atom. The fraction of sp³-hybridized carbons (Fsp3) is 0.164. The van der Waals surface area contributed by atoms with Gasteiger partial charge in [-0.05, 0) is 93.6 Å². The first-order valence-electron chi connectivity index (χ1n) is 22.9. The summed E-state index contributed by atoms with van der Waals surface area (Å²) in [4.78, 5) is 15.8. The molecule has 1 fully saturated rings. The molecule has 1 heterocycles. The van der Waals surface area contributed by atoms with Crippen LogP contribution >= 0.6 is 0 Å². The predicted molar refractivity (Wildman–Crippen MR) is 271 cm³/mol. The molecule has 10 rings (SSSR count). The molecule has 1 unspecified atom stereocenters. The summed E-state index contributed by atoms with van der Waals surface area (Å²) in [5, 5.41) is 4.79. The number of allylic oxidation sites excluding steroid dienone is 6. The molecule has 0 bridgehead atoms. The minimum absolute atomic E-state index is 0.0890. The third kappa shape index (κ3) is 8.22. The number of nitrogens with zero attached hydrogens (tertiary/aromatic N) is 3. The van der Waals surface area contributed by atoms with E-state index in [1.54, 1.807) is 0 Å². The molecule has 0 aliphatic heterocycles. The van der Waals surface area contributed by atoms with E-state index in [0.717, 1.165) is 86.8 Å². The van der Waals surface area contributed by atoms with Gasteiger partial charge in [0, 0.05) is 33.4 Å². The molecule has 1 saturated carbocycles. The number of hydrogen-bond acceptors (Lipinski definition) is 3. The van der Waals surface area contributed by atoms with Crippen LogP contribution in [0.3, 0.4) is 0 Å². The van der Waals surface area contributed by atoms with Gasteiger partial charge in [0.1, 0.15) is 0 Å². The van der Waals surface area contributed by atoms with E-state index in [0.29, 0.717) is 5.92 Å². The Balaban J connectivity index is 1.01. The smallest absolute Gasteiger partial charge is 0.160 e. The summed E-state index contributed by atoms with van der Waals surface area (Å²) in [6.45, 7) is 8.94. The average Bonchev–Trinajstić information content (AvgIpc) is 3.36. The number of fused-ring (bicyclic) bond motifs is 2. The molecule has 7 aromatic carbocycles. The van der Waals surface area contributed by atoms with Crippen LogP contribution in [-0.2, 0) is 5.41 Å². The lowest BCUT2D eigenvalue weighted by Gasteiger charge is -2.39. The number of benzene rings is 7. The van der Waals surface area contributed by atoms with E-state index in [9.17, 15) is 0 Å². The first kappa shape index (κ1) is 40.8. The van der Waals surface area contributed by atoms with Gasteiger partial charge >= 0.3 is 0 Å². The Labute approximate surface area is 378 Å². The molecule has 64 heavy (non-hydrogen) atoms. The molecular weight excluding hydrogens is 775 g/mol. The van der Waals surface area contributed by atoms with Crippen LogP contribution in [0.25, 0.3) is 60.9 Å². The van der Waals surface area contributed by atoms with Crippen molar-refractivity contribution in [1.29, 1.82) is 0 Å². The van der Waals surface area contributed by atoms with Crippen molar-refractivity contribution in [3.05, 3.63) is 234 Å². The van der Waals surface area contributed by atoms with Gasteiger partial charge in [0.2, 0.25) is 0 Å². The Morgan fingerprint density at radius 3 is 1.98 bits per heavy atom. The SMILES string of the molecule is C=C(/C=C(\N=C(C)c1ccccc1)c1ccc(C2(c3ccc(-c4cc(-c5cccc6ccccc56)nc(C5=CCC(C)C=C5)n4)cc3)CCCCC2)cc1)c1cccc2ccccc12. The molecule has 0 N–H and O–H groups in total. The highest BCUT2D eigenvalue weighted by atomic mass is 14.9. The third-order valence-electron chi connectivity index (χ3n) is 13.5. The Bertz CT molecular complexity index is 3110. The Hall–Kier alpha value is -7.23. The Morgan fingerprint density at radius 1 is 0.641 bits per heavy atom. The monoisotopic (exact) mass is 827 g/mol.